The van der Waals surface area contributed by atoms with E-state index in [4.69, 9.17) is 21.1 Å². The molecular formula is C18H15ClINO2. The minimum absolute atomic E-state index is 0.498. The lowest BCUT2D eigenvalue weighted by atomic mass is 10.0. The highest BCUT2D eigenvalue weighted by Crippen LogP contribution is 2.35. The van der Waals surface area contributed by atoms with Gasteiger partial charge < -0.3 is 9.47 Å². The molecular weight excluding hydrogens is 425 g/mol. The van der Waals surface area contributed by atoms with Crippen molar-refractivity contribution >= 4 is 45.8 Å². The van der Waals surface area contributed by atoms with E-state index < -0.39 is 0 Å². The normalized spacial score (nSPS) is 11.0. The van der Waals surface area contributed by atoms with Crippen LogP contribution in [0.1, 0.15) is 18.1 Å². The maximum absolute atomic E-state index is 9.47. The third-order valence-electron chi connectivity index (χ3n) is 3.14. The molecule has 0 fully saturated rings. The van der Waals surface area contributed by atoms with E-state index in [2.05, 4.69) is 28.7 Å². The molecule has 0 bridgehead atoms. The van der Waals surface area contributed by atoms with Crippen LogP contribution in [0.5, 0.6) is 11.5 Å². The Morgan fingerprint density at radius 3 is 2.70 bits per heavy atom. The number of allylic oxidation sites excluding steroid dienone is 1. The van der Waals surface area contributed by atoms with E-state index >= 15 is 0 Å². The number of hydrogen-bond donors (Lipinski definition) is 0. The van der Waals surface area contributed by atoms with Gasteiger partial charge in [0.2, 0.25) is 0 Å². The number of nitriles is 1. The first-order valence-corrected chi connectivity index (χ1v) is 8.43. The van der Waals surface area contributed by atoms with Gasteiger partial charge in [-0.1, -0.05) is 29.8 Å². The molecule has 0 saturated carbocycles. The number of methoxy groups -OCH3 is 1. The van der Waals surface area contributed by atoms with Crippen LogP contribution in [0, 0.1) is 14.9 Å². The lowest BCUT2D eigenvalue weighted by Gasteiger charge is -2.12. The second-order valence-corrected chi connectivity index (χ2v) is 6.19. The number of rotatable bonds is 5. The second kappa shape index (κ2) is 8.23. The summed E-state index contributed by atoms with van der Waals surface area (Å²) >= 11 is 8.38. The number of halogens is 2. The summed E-state index contributed by atoms with van der Waals surface area (Å²) in [5.41, 5.74) is 2.06. The summed E-state index contributed by atoms with van der Waals surface area (Å²) in [6, 6.07) is 13.3. The van der Waals surface area contributed by atoms with Gasteiger partial charge in [-0.2, -0.15) is 5.26 Å². The van der Waals surface area contributed by atoms with Crippen molar-refractivity contribution in [2.24, 2.45) is 0 Å². The number of hydrogen-bond acceptors (Lipinski definition) is 3. The van der Waals surface area contributed by atoms with Crippen LogP contribution in [-0.4, -0.2) is 13.7 Å². The Hall–Kier alpha value is -1.71. The Labute approximate surface area is 154 Å². The minimum atomic E-state index is 0.498. The van der Waals surface area contributed by atoms with Crippen LogP contribution in [0.4, 0.5) is 0 Å². The molecule has 0 heterocycles. The third kappa shape index (κ3) is 4.18. The summed E-state index contributed by atoms with van der Waals surface area (Å²) in [5.74, 6) is 1.35. The van der Waals surface area contributed by atoms with E-state index in [0.717, 1.165) is 9.13 Å². The molecule has 0 aromatic heterocycles. The average molecular weight is 440 g/mol. The predicted molar refractivity (Wildman–Crippen MR) is 102 cm³/mol. The van der Waals surface area contributed by atoms with Crippen molar-refractivity contribution in [3.05, 3.63) is 56.1 Å². The van der Waals surface area contributed by atoms with Crippen LogP contribution in [0.2, 0.25) is 5.02 Å². The summed E-state index contributed by atoms with van der Waals surface area (Å²) in [7, 11) is 1.60. The first-order valence-electron chi connectivity index (χ1n) is 6.97. The molecule has 0 radical (unpaired) electrons. The van der Waals surface area contributed by atoms with E-state index in [1.54, 1.807) is 19.3 Å². The number of benzene rings is 2. The van der Waals surface area contributed by atoms with Crippen molar-refractivity contribution in [2.45, 2.75) is 6.92 Å². The summed E-state index contributed by atoms with van der Waals surface area (Å²) < 4.78 is 11.9. The van der Waals surface area contributed by atoms with Gasteiger partial charge in [-0.05, 0) is 59.4 Å². The first-order chi connectivity index (χ1) is 11.1. The van der Waals surface area contributed by atoms with Crippen molar-refractivity contribution in [3.63, 3.8) is 0 Å². The van der Waals surface area contributed by atoms with Gasteiger partial charge in [-0.3, -0.25) is 0 Å². The minimum Gasteiger partial charge on any atom is -0.493 e. The zero-order chi connectivity index (χ0) is 16.8. The first kappa shape index (κ1) is 17.6. The average Bonchev–Trinajstić information content (AvgIpc) is 2.55. The molecule has 0 aliphatic rings. The molecule has 2 aromatic carbocycles. The van der Waals surface area contributed by atoms with E-state index in [-0.39, 0.29) is 0 Å². The molecule has 2 aromatic rings. The Bertz CT molecular complexity index is 781. The van der Waals surface area contributed by atoms with Gasteiger partial charge in [0.15, 0.2) is 11.5 Å². The Morgan fingerprint density at radius 2 is 2.09 bits per heavy atom. The van der Waals surface area contributed by atoms with Crippen molar-refractivity contribution in [2.75, 3.05) is 13.7 Å². The zero-order valence-corrected chi connectivity index (χ0v) is 15.7. The van der Waals surface area contributed by atoms with Crippen molar-refractivity contribution in [3.8, 4) is 17.6 Å². The lowest BCUT2D eigenvalue weighted by molar-refractivity contribution is 0.308. The second-order valence-electron chi connectivity index (χ2n) is 4.62. The van der Waals surface area contributed by atoms with E-state index in [1.807, 2.05) is 37.3 Å². The van der Waals surface area contributed by atoms with Crippen LogP contribution in [-0.2, 0) is 0 Å². The van der Waals surface area contributed by atoms with Crippen LogP contribution in [0.3, 0.4) is 0 Å². The van der Waals surface area contributed by atoms with Crippen LogP contribution in [0.15, 0.2) is 36.4 Å². The monoisotopic (exact) mass is 439 g/mol. The van der Waals surface area contributed by atoms with Crippen molar-refractivity contribution < 1.29 is 9.47 Å². The van der Waals surface area contributed by atoms with Crippen LogP contribution in [0.25, 0.3) is 11.6 Å². The SMILES string of the molecule is CCOc1c(I)cc(C=C(C#N)c2ccccc2Cl)cc1OC. The van der Waals surface area contributed by atoms with Gasteiger partial charge in [0.25, 0.3) is 0 Å². The van der Waals surface area contributed by atoms with Gasteiger partial charge in [0.1, 0.15) is 0 Å². The fourth-order valence-electron chi connectivity index (χ4n) is 2.12. The molecule has 0 atom stereocenters. The maximum atomic E-state index is 9.47. The molecule has 0 amide bonds. The fourth-order valence-corrected chi connectivity index (χ4v) is 3.14. The highest BCUT2D eigenvalue weighted by molar-refractivity contribution is 14.1. The molecule has 0 aliphatic carbocycles. The molecule has 23 heavy (non-hydrogen) atoms. The molecule has 5 heteroatoms. The smallest absolute Gasteiger partial charge is 0.174 e. The Morgan fingerprint density at radius 1 is 1.35 bits per heavy atom. The molecule has 2 rings (SSSR count). The summed E-state index contributed by atoms with van der Waals surface area (Å²) in [6.07, 6.45) is 1.79. The van der Waals surface area contributed by atoms with E-state index in [0.29, 0.717) is 34.3 Å². The molecule has 0 spiro atoms. The van der Waals surface area contributed by atoms with E-state index in [9.17, 15) is 5.26 Å². The molecule has 118 valence electrons. The predicted octanol–water partition coefficient (Wildman–Crippen LogP) is 5.42. The largest absolute Gasteiger partial charge is 0.493 e. The molecule has 0 aliphatic heterocycles. The van der Waals surface area contributed by atoms with Crippen LogP contribution >= 0.6 is 34.2 Å². The topological polar surface area (TPSA) is 42.2 Å². The van der Waals surface area contributed by atoms with Crippen molar-refractivity contribution in [1.82, 2.24) is 0 Å². The number of nitrogens with zero attached hydrogens (tertiary/aromatic N) is 1. The summed E-state index contributed by atoms with van der Waals surface area (Å²) in [4.78, 5) is 0. The van der Waals surface area contributed by atoms with Crippen LogP contribution < -0.4 is 9.47 Å². The molecule has 3 nitrogen and oxygen atoms in total. The highest BCUT2D eigenvalue weighted by atomic mass is 127. The Kier molecular flexibility index (Phi) is 6.31. The van der Waals surface area contributed by atoms with Gasteiger partial charge in [-0.15, -0.1) is 0 Å². The van der Waals surface area contributed by atoms with Gasteiger partial charge >= 0.3 is 0 Å². The Balaban J connectivity index is 2.51. The number of ether oxygens (including phenoxy) is 2. The molecule has 0 saturated heterocycles. The maximum Gasteiger partial charge on any atom is 0.174 e. The fraction of sp³-hybridized carbons (Fsp3) is 0.167. The summed E-state index contributed by atoms with van der Waals surface area (Å²) in [6.45, 7) is 2.49. The zero-order valence-electron chi connectivity index (χ0n) is 12.8. The molecule has 0 N–H and O–H groups in total. The molecule has 0 unspecified atom stereocenters. The van der Waals surface area contributed by atoms with Gasteiger partial charge in [0, 0.05) is 10.6 Å². The highest BCUT2D eigenvalue weighted by Gasteiger charge is 2.12. The third-order valence-corrected chi connectivity index (χ3v) is 4.27. The standard InChI is InChI=1S/C18H15ClINO2/c1-3-23-18-16(20)9-12(10-17(18)22-2)8-13(11-21)14-6-4-5-7-15(14)19/h4-10H,3H2,1-2H3. The lowest BCUT2D eigenvalue weighted by Crippen LogP contribution is -1.98. The summed E-state index contributed by atoms with van der Waals surface area (Å²) in [5, 5.41) is 10.0. The quantitative estimate of drug-likeness (QED) is 0.355. The van der Waals surface area contributed by atoms with Crippen molar-refractivity contribution in [1.29, 1.82) is 5.26 Å². The van der Waals surface area contributed by atoms with Gasteiger partial charge in [0.05, 0.1) is 28.9 Å². The van der Waals surface area contributed by atoms with Gasteiger partial charge in [-0.25, -0.2) is 0 Å². The van der Waals surface area contributed by atoms with E-state index in [1.165, 1.54) is 0 Å².